The minimum Gasteiger partial charge on any atom is -0.426 e. The van der Waals surface area contributed by atoms with E-state index >= 15 is 0 Å². The Morgan fingerprint density at radius 1 is 0.833 bits per heavy atom. The summed E-state index contributed by atoms with van der Waals surface area (Å²) >= 11 is 3.10. The highest BCUT2D eigenvalue weighted by Gasteiger charge is 2.26. The molecule has 1 aromatic rings. The van der Waals surface area contributed by atoms with E-state index in [0.29, 0.717) is 5.56 Å². The van der Waals surface area contributed by atoms with Crippen LogP contribution in [0.2, 0.25) is 0 Å². The van der Waals surface area contributed by atoms with Crippen molar-refractivity contribution in [1.29, 1.82) is 0 Å². The van der Waals surface area contributed by atoms with Crippen LogP contribution in [0.25, 0.3) is 0 Å². The lowest BCUT2D eigenvalue weighted by molar-refractivity contribution is -0.143. The second-order valence-electron chi connectivity index (χ2n) is 7.53. The highest BCUT2D eigenvalue weighted by atomic mass is 79.9. The first-order valence-electron chi connectivity index (χ1n) is 7.53. The summed E-state index contributed by atoms with van der Waals surface area (Å²) < 4.78 is 10.6. The molecule has 0 atom stereocenters. The predicted molar refractivity (Wildman–Crippen MR) is 94.7 cm³/mol. The van der Waals surface area contributed by atoms with E-state index in [1.807, 2.05) is 0 Å². The fourth-order valence-corrected chi connectivity index (χ4v) is 1.77. The molecular formula is C18H23BrO5. The highest BCUT2D eigenvalue weighted by Crippen LogP contribution is 2.28. The Balaban J connectivity index is 3.20. The molecule has 24 heavy (non-hydrogen) atoms. The zero-order chi connectivity index (χ0) is 18.7. The average molecular weight is 399 g/mol. The number of ether oxygens (including phenoxy) is 2. The number of Topliss-reactive ketones (excluding diaryl/α,β-unsaturated/α-hetero) is 1. The fraction of sp³-hybridized carbons (Fsp3) is 0.500. The molecular weight excluding hydrogens is 376 g/mol. The molecule has 0 aromatic heterocycles. The number of hydrogen-bond acceptors (Lipinski definition) is 5. The van der Waals surface area contributed by atoms with Crippen LogP contribution in [0.3, 0.4) is 0 Å². The third-order valence-electron chi connectivity index (χ3n) is 2.97. The molecule has 132 valence electrons. The second-order valence-corrected chi connectivity index (χ2v) is 8.09. The van der Waals surface area contributed by atoms with Crippen molar-refractivity contribution >= 4 is 33.7 Å². The molecule has 0 radical (unpaired) electrons. The molecule has 0 saturated carbocycles. The van der Waals surface area contributed by atoms with E-state index in [1.165, 1.54) is 18.2 Å². The summed E-state index contributed by atoms with van der Waals surface area (Å²) in [5.41, 5.74) is -1.10. The van der Waals surface area contributed by atoms with Gasteiger partial charge in [0, 0.05) is 11.6 Å². The first kappa shape index (κ1) is 20.4. The van der Waals surface area contributed by atoms with Crippen LogP contribution < -0.4 is 9.47 Å². The fourth-order valence-electron chi connectivity index (χ4n) is 1.45. The average Bonchev–Trinajstić information content (AvgIpc) is 2.44. The molecule has 0 saturated heterocycles. The van der Waals surface area contributed by atoms with E-state index in [-0.39, 0.29) is 22.6 Å². The van der Waals surface area contributed by atoms with Crippen molar-refractivity contribution < 1.29 is 23.9 Å². The summed E-state index contributed by atoms with van der Waals surface area (Å²) in [4.78, 5) is 36.1. The third-order valence-corrected chi connectivity index (χ3v) is 3.48. The summed E-state index contributed by atoms with van der Waals surface area (Å²) in [6.07, 6.45) is 0. The number of esters is 2. The number of carbonyl (C=O) groups is 3. The van der Waals surface area contributed by atoms with Crippen molar-refractivity contribution in [1.82, 2.24) is 0 Å². The van der Waals surface area contributed by atoms with Crippen molar-refractivity contribution in [3.05, 3.63) is 23.8 Å². The van der Waals surface area contributed by atoms with E-state index in [0.717, 1.165) is 0 Å². The van der Waals surface area contributed by atoms with Crippen LogP contribution in [0.15, 0.2) is 18.2 Å². The van der Waals surface area contributed by atoms with Crippen LogP contribution in [0.5, 0.6) is 11.5 Å². The summed E-state index contributed by atoms with van der Waals surface area (Å²) in [5.74, 6) is -0.772. The number of benzene rings is 1. The summed E-state index contributed by atoms with van der Waals surface area (Å²) in [6.45, 7) is 10.4. The van der Waals surface area contributed by atoms with Gasteiger partial charge in [0.25, 0.3) is 0 Å². The Kier molecular flexibility index (Phi) is 6.33. The Bertz CT molecular complexity index is 604. The third kappa shape index (κ3) is 5.74. The standard InChI is InChI=1S/C18H23BrO5/c1-17(2,3)15(21)23-12-7-11(14(20)10-19)8-13(9-12)24-16(22)18(4,5)6/h7-9H,10H2,1-6H3. The van der Waals surface area contributed by atoms with Crippen molar-refractivity contribution in [2.45, 2.75) is 41.5 Å². The molecule has 0 aliphatic rings. The lowest BCUT2D eigenvalue weighted by atomic mass is 9.97. The molecule has 0 fully saturated rings. The molecule has 0 unspecified atom stereocenters. The van der Waals surface area contributed by atoms with Gasteiger partial charge in [-0.2, -0.15) is 0 Å². The molecule has 0 aliphatic carbocycles. The minimum atomic E-state index is -0.697. The molecule has 0 heterocycles. The number of carbonyl (C=O) groups excluding carboxylic acids is 3. The molecule has 0 bridgehead atoms. The maximum atomic E-state index is 12.1. The van der Waals surface area contributed by atoms with Crippen LogP contribution in [0.1, 0.15) is 51.9 Å². The quantitative estimate of drug-likeness (QED) is 0.329. The second kappa shape index (κ2) is 7.47. The van der Waals surface area contributed by atoms with Gasteiger partial charge in [0.2, 0.25) is 0 Å². The monoisotopic (exact) mass is 398 g/mol. The van der Waals surface area contributed by atoms with Crippen molar-refractivity contribution in [2.24, 2.45) is 10.8 Å². The van der Waals surface area contributed by atoms with Gasteiger partial charge in [-0.3, -0.25) is 14.4 Å². The maximum absolute atomic E-state index is 12.1. The maximum Gasteiger partial charge on any atom is 0.316 e. The lowest BCUT2D eigenvalue weighted by Gasteiger charge is -2.19. The minimum absolute atomic E-state index is 0.107. The van der Waals surface area contributed by atoms with E-state index in [9.17, 15) is 14.4 Å². The van der Waals surface area contributed by atoms with Crippen LogP contribution in [0, 0.1) is 10.8 Å². The largest absolute Gasteiger partial charge is 0.426 e. The SMILES string of the molecule is CC(C)(C)C(=O)Oc1cc(OC(=O)C(C)(C)C)cc(C(=O)CBr)c1. The van der Waals surface area contributed by atoms with E-state index in [4.69, 9.17) is 9.47 Å². The van der Waals surface area contributed by atoms with Gasteiger partial charge >= 0.3 is 11.9 Å². The van der Waals surface area contributed by atoms with E-state index in [1.54, 1.807) is 41.5 Å². The Hall–Kier alpha value is -1.69. The summed E-state index contributed by atoms with van der Waals surface area (Å²) in [6, 6.07) is 4.35. The topological polar surface area (TPSA) is 69.7 Å². The first-order chi connectivity index (χ1) is 10.8. The molecule has 0 spiro atoms. The first-order valence-corrected chi connectivity index (χ1v) is 8.65. The van der Waals surface area contributed by atoms with Gasteiger partial charge in [-0.25, -0.2) is 0 Å². The Morgan fingerprint density at radius 2 is 1.21 bits per heavy atom. The number of halogens is 1. The molecule has 0 amide bonds. The molecule has 1 rings (SSSR count). The van der Waals surface area contributed by atoms with Gasteiger partial charge in [-0.15, -0.1) is 0 Å². The molecule has 0 aliphatic heterocycles. The van der Waals surface area contributed by atoms with Crippen LogP contribution in [-0.2, 0) is 9.59 Å². The van der Waals surface area contributed by atoms with E-state index < -0.39 is 22.8 Å². The lowest BCUT2D eigenvalue weighted by Crippen LogP contribution is -2.26. The molecule has 1 aromatic carbocycles. The van der Waals surface area contributed by atoms with E-state index in [2.05, 4.69) is 15.9 Å². The van der Waals surface area contributed by atoms with Crippen molar-refractivity contribution in [3.8, 4) is 11.5 Å². The Morgan fingerprint density at radius 3 is 1.50 bits per heavy atom. The number of ketones is 1. The van der Waals surface area contributed by atoms with Gasteiger partial charge in [0.15, 0.2) is 5.78 Å². The summed E-state index contributed by atoms with van der Waals surface area (Å²) in [5, 5.41) is 0.107. The predicted octanol–water partition coefficient (Wildman–Crippen LogP) is 4.17. The molecule has 6 heteroatoms. The van der Waals surface area contributed by atoms with Crippen LogP contribution in [0.4, 0.5) is 0 Å². The molecule has 5 nitrogen and oxygen atoms in total. The van der Waals surface area contributed by atoms with Gasteiger partial charge in [-0.05, 0) is 53.7 Å². The van der Waals surface area contributed by atoms with Gasteiger partial charge in [-0.1, -0.05) is 15.9 Å². The van der Waals surface area contributed by atoms with Gasteiger partial charge < -0.3 is 9.47 Å². The highest BCUT2D eigenvalue weighted by molar-refractivity contribution is 9.09. The smallest absolute Gasteiger partial charge is 0.316 e. The normalized spacial score (nSPS) is 11.8. The number of rotatable bonds is 4. The van der Waals surface area contributed by atoms with Gasteiger partial charge in [0.05, 0.1) is 16.2 Å². The zero-order valence-electron chi connectivity index (χ0n) is 14.9. The zero-order valence-corrected chi connectivity index (χ0v) is 16.4. The molecule has 0 N–H and O–H groups in total. The van der Waals surface area contributed by atoms with Crippen LogP contribution in [-0.4, -0.2) is 23.1 Å². The van der Waals surface area contributed by atoms with Crippen molar-refractivity contribution in [2.75, 3.05) is 5.33 Å². The van der Waals surface area contributed by atoms with Gasteiger partial charge in [0.1, 0.15) is 11.5 Å². The Labute approximate surface area is 150 Å². The number of alkyl halides is 1. The van der Waals surface area contributed by atoms with Crippen molar-refractivity contribution in [3.63, 3.8) is 0 Å². The van der Waals surface area contributed by atoms with Crippen LogP contribution >= 0.6 is 15.9 Å². The number of hydrogen-bond donors (Lipinski definition) is 0. The summed E-state index contributed by atoms with van der Waals surface area (Å²) in [7, 11) is 0.